The number of imidazole rings is 1. The Kier molecular flexibility index (Phi) is 5.77. The maximum absolute atomic E-state index is 9.21. The molecular formula is C25H22N4. The Balaban J connectivity index is 2.02. The molecule has 142 valence electrons. The number of nitriles is 2. The Labute approximate surface area is 171 Å². The van der Waals surface area contributed by atoms with Gasteiger partial charge in [-0.25, -0.2) is 4.98 Å². The van der Waals surface area contributed by atoms with Gasteiger partial charge in [0.05, 0.1) is 22.2 Å². The van der Waals surface area contributed by atoms with Crippen LogP contribution in [0.3, 0.4) is 0 Å². The van der Waals surface area contributed by atoms with E-state index in [1.807, 2.05) is 36.4 Å². The first-order valence-electron chi connectivity index (χ1n) is 9.38. The molecule has 0 saturated carbocycles. The number of hydrogen-bond acceptors (Lipinski definition) is 3. The summed E-state index contributed by atoms with van der Waals surface area (Å²) >= 11 is 0. The number of allylic oxidation sites excluding steroid dienone is 3. The first-order chi connectivity index (χ1) is 14.1. The molecule has 0 radical (unpaired) electrons. The minimum Gasteiger partial charge on any atom is -0.338 e. The Morgan fingerprint density at radius 3 is 1.97 bits per heavy atom. The number of benzene rings is 2. The summed E-state index contributed by atoms with van der Waals surface area (Å²) in [6.07, 6.45) is 8.34. The van der Waals surface area contributed by atoms with Crippen molar-refractivity contribution in [1.82, 2.24) is 9.97 Å². The van der Waals surface area contributed by atoms with Crippen LogP contribution in [-0.2, 0) is 5.41 Å². The number of rotatable bonds is 8. The van der Waals surface area contributed by atoms with E-state index in [0.717, 1.165) is 30.3 Å². The highest BCUT2D eigenvalue weighted by Crippen LogP contribution is 2.37. The van der Waals surface area contributed by atoms with Crippen molar-refractivity contribution >= 4 is 11.0 Å². The first kappa shape index (κ1) is 19.9. The SMILES string of the molecule is C=CCC(CC=C)(CC=C)c1ccc(-c2nc3cc(C#N)c(C#N)cc3[nH]2)cc1. The van der Waals surface area contributed by atoms with Crippen molar-refractivity contribution in [2.75, 3.05) is 0 Å². The van der Waals surface area contributed by atoms with Gasteiger partial charge >= 0.3 is 0 Å². The first-order valence-corrected chi connectivity index (χ1v) is 9.38. The lowest BCUT2D eigenvalue weighted by Gasteiger charge is -2.32. The van der Waals surface area contributed by atoms with Gasteiger partial charge in [0.15, 0.2) is 0 Å². The highest BCUT2D eigenvalue weighted by Gasteiger charge is 2.28. The normalized spacial score (nSPS) is 10.8. The Bertz CT molecular complexity index is 1070. The number of H-pyrrole nitrogens is 1. The van der Waals surface area contributed by atoms with Crippen LogP contribution in [0.25, 0.3) is 22.4 Å². The van der Waals surface area contributed by atoms with Gasteiger partial charge in [0.2, 0.25) is 0 Å². The smallest absolute Gasteiger partial charge is 0.138 e. The van der Waals surface area contributed by atoms with Gasteiger partial charge in [-0.2, -0.15) is 10.5 Å². The second-order valence-corrected chi connectivity index (χ2v) is 7.06. The fourth-order valence-corrected chi connectivity index (χ4v) is 3.79. The minimum atomic E-state index is -0.0962. The van der Waals surface area contributed by atoms with Crippen molar-refractivity contribution in [3.63, 3.8) is 0 Å². The molecule has 3 rings (SSSR count). The molecule has 2 aromatic carbocycles. The number of fused-ring (bicyclic) bond motifs is 1. The van der Waals surface area contributed by atoms with Crippen LogP contribution < -0.4 is 0 Å². The van der Waals surface area contributed by atoms with Gasteiger partial charge in [-0.3, -0.25) is 0 Å². The molecule has 0 unspecified atom stereocenters. The lowest BCUT2D eigenvalue weighted by molar-refractivity contribution is 0.442. The molecule has 0 bridgehead atoms. The zero-order valence-electron chi connectivity index (χ0n) is 16.3. The molecule has 0 aliphatic carbocycles. The maximum Gasteiger partial charge on any atom is 0.138 e. The number of nitrogens with one attached hydrogen (secondary N) is 1. The number of aromatic amines is 1. The molecule has 0 aliphatic rings. The molecule has 1 aromatic heterocycles. The highest BCUT2D eigenvalue weighted by molar-refractivity contribution is 5.82. The van der Waals surface area contributed by atoms with Gasteiger partial charge in [-0.15, -0.1) is 19.7 Å². The van der Waals surface area contributed by atoms with E-state index in [0.29, 0.717) is 22.5 Å². The molecule has 3 aromatic rings. The van der Waals surface area contributed by atoms with Crippen LogP contribution in [0, 0.1) is 22.7 Å². The van der Waals surface area contributed by atoms with Gasteiger partial charge < -0.3 is 4.98 Å². The number of aromatic nitrogens is 2. The average Bonchev–Trinajstić information content (AvgIpc) is 3.16. The van der Waals surface area contributed by atoms with Gasteiger partial charge in [0.25, 0.3) is 0 Å². The monoisotopic (exact) mass is 378 g/mol. The van der Waals surface area contributed by atoms with Crippen LogP contribution in [0.15, 0.2) is 74.4 Å². The summed E-state index contributed by atoms with van der Waals surface area (Å²) in [4.78, 5) is 7.85. The van der Waals surface area contributed by atoms with Crippen molar-refractivity contribution in [2.24, 2.45) is 0 Å². The summed E-state index contributed by atoms with van der Waals surface area (Å²) in [5.74, 6) is 0.701. The van der Waals surface area contributed by atoms with Crippen LogP contribution in [0.5, 0.6) is 0 Å². The van der Waals surface area contributed by atoms with E-state index in [1.165, 1.54) is 5.56 Å². The van der Waals surface area contributed by atoms with E-state index < -0.39 is 0 Å². The van der Waals surface area contributed by atoms with Gasteiger partial charge in [-0.05, 0) is 37.0 Å². The molecule has 0 aliphatic heterocycles. The third-order valence-electron chi connectivity index (χ3n) is 5.24. The van der Waals surface area contributed by atoms with Crippen molar-refractivity contribution in [1.29, 1.82) is 10.5 Å². The summed E-state index contributed by atoms with van der Waals surface area (Å²) in [6, 6.07) is 15.7. The summed E-state index contributed by atoms with van der Waals surface area (Å²) in [6.45, 7) is 11.8. The average molecular weight is 378 g/mol. The van der Waals surface area contributed by atoms with Crippen LogP contribution in [0.1, 0.15) is 36.0 Å². The van der Waals surface area contributed by atoms with E-state index in [-0.39, 0.29) is 5.41 Å². The molecule has 1 N–H and O–H groups in total. The number of hydrogen-bond donors (Lipinski definition) is 1. The molecule has 0 spiro atoms. The van der Waals surface area contributed by atoms with Gasteiger partial charge in [-0.1, -0.05) is 42.5 Å². The van der Waals surface area contributed by atoms with Crippen molar-refractivity contribution in [3.05, 3.63) is 91.1 Å². The Morgan fingerprint density at radius 2 is 1.45 bits per heavy atom. The standard InChI is InChI=1S/C25H22N4/c1-4-11-25(12-5-2,13-6-3)21-9-7-18(8-10-21)24-28-22-14-19(16-26)20(17-27)15-23(22)29-24/h4-10,14-15H,1-3,11-13H2,(H,28,29). The Morgan fingerprint density at radius 1 is 0.897 bits per heavy atom. The lowest BCUT2D eigenvalue weighted by atomic mass is 9.72. The van der Waals surface area contributed by atoms with Crippen molar-refractivity contribution < 1.29 is 0 Å². The Hall–Kier alpha value is -3.89. The maximum atomic E-state index is 9.21. The molecule has 4 heteroatoms. The van der Waals surface area contributed by atoms with E-state index in [2.05, 4.69) is 47.9 Å². The lowest BCUT2D eigenvalue weighted by Crippen LogP contribution is -2.24. The highest BCUT2D eigenvalue weighted by atomic mass is 14.9. The topological polar surface area (TPSA) is 76.3 Å². The fourth-order valence-electron chi connectivity index (χ4n) is 3.79. The molecule has 1 heterocycles. The molecular weight excluding hydrogens is 356 g/mol. The van der Waals surface area contributed by atoms with E-state index in [1.54, 1.807) is 12.1 Å². The summed E-state index contributed by atoms with van der Waals surface area (Å²) in [5, 5.41) is 18.4. The molecule has 29 heavy (non-hydrogen) atoms. The summed E-state index contributed by atoms with van der Waals surface area (Å²) in [5.41, 5.74) is 4.12. The van der Waals surface area contributed by atoms with Crippen LogP contribution in [0.4, 0.5) is 0 Å². The van der Waals surface area contributed by atoms with Crippen LogP contribution in [0.2, 0.25) is 0 Å². The van der Waals surface area contributed by atoms with E-state index >= 15 is 0 Å². The van der Waals surface area contributed by atoms with Crippen LogP contribution in [-0.4, -0.2) is 9.97 Å². The summed E-state index contributed by atoms with van der Waals surface area (Å²) in [7, 11) is 0. The quantitative estimate of drug-likeness (QED) is 0.493. The largest absolute Gasteiger partial charge is 0.338 e. The van der Waals surface area contributed by atoms with Crippen molar-refractivity contribution in [2.45, 2.75) is 24.7 Å². The summed E-state index contributed by atoms with van der Waals surface area (Å²) < 4.78 is 0. The predicted octanol–water partition coefficient (Wildman–Crippen LogP) is 5.94. The zero-order valence-corrected chi connectivity index (χ0v) is 16.3. The molecule has 0 saturated heterocycles. The number of nitrogens with zero attached hydrogens (tertiary/aromatic N) is 3. The molecule has 4 nitrogen and oxygen atoms in total. The van der Waals surface area contributed by atoms with E-state index in [9.17, 15) is 10.5 Å². The predicted molar refractivity (Wildman–Crippen MR) is 117 cm³/mol. The second kappa shape index (κ2) is 8.42. The van der Waals surface area contributed by atoms with Gasteiger partial charge in [0, 0.05) is 11.0 Å². The molecule has 0 amide bonds. The zero-order chi connectivity index (χ0) is 20.9. The minimum absolute atomic E-state index is 0.0962. The third-order valence-corrected chi connectivity index (χ3v) is 5.24. The van der Waals surface area contributed by atoms with Gasteiger partial charge in [0.1, 0.15) is 18.0 Å². The molecule has 0 fully saturated rings. The van der Waals surface area contributed by atoms with Crippen molar-refractivity contribution in [3.8, 4) is 23.5 Å². The third kappa shape index (κ3) is 3.74. The fraction of sp³-hybridized carbons (Fsp3) is 0.160. The van der Waals surface area contributed by atoms with E-state index in [4.69, 9.17) is 0 Å². The van der Waals surface area contributed by atoms with Crippen LogP contribution >= 0.6 is 0 Å². The molecule has 0 atom stereocenters. The second-order valence-electron chi connectivity index (χ2n) is 7.06.